The Hall–Kier alpha value is -1.97. The number of carbonyl (C=O) groups is 1. The molecule has 1 amide bonds. The normalized spacial score (nSPS) is 12.2. The minimum absolute atomic E-state index is 0.0890. The summed E-state index contributed by atoms with van der Waals surface area (Å²) in [5.41, 5.74) is 0.815. The number of methoxy groups -OCH3 is 2. The number of benzene rings is 1. The van der Waals surface area contributed by atoms with Gasteiger partial charge in [0.25, 0.3) is 0 Å². The van der Waals surface area contributed by atoms with Crippen molar-refractivity contribution in [2.45, 2.75) is 45.6 Å². The second kappa shape index (κ2) is 9.87. The van der Waals surface area contributed by atoms with Crippen LogP contribution in [-0.4, -0.2) is 26.2 Å². The first-order valence-corrected chi connectivity index (χ1v) is 7.81. The Labute approximate surface area is 133 Å². The van der Waals surface area contributed by atoms with Gasteiger partial charge in [0.05, 0.1) is 14.2 Å². The maximum absolute atomic E-state index is 11.9. The Bertz CT molecular complexity index is 497. The van der Waals surface area contributed by atoms with Crippen LogP contribution < -0.4 is 14.8 Å². The van der Waals surface area contributed by atoms with Crippen LogP contribution in [0.5, 0.6) is 11.5 Å². The predicted molar refractivity (Wildman–Crippen MR) is 90.3 cm³/mol. The third-order valence-corrected chi connectivity index (χ3v) is 3.48. The van der Waals surface area contributed by atoms with E-state index in [9.17, 15) is 4.79 Å². The summed E-state index contributed by atoms with van der Waals surface area (Å²) < 4.78 is 10.5. The molecule has 0 aliphatic carbocycles. The molecule has 122 valence electrons. The van der Waals surface area contributed by atoms with Crippen molar-refractivity contribution in [1.29, 1.82) is 0 Å². The quantitative estimate of drug-likeness (QED) is 0.557. The lowest BCUT2D eigenvalue weighted by Crippen LogP contribution is -2.30. The zero-order valence-corrected chi connectivity index (χ0v) is 14.0. The predicted octanol–water partition coefficient (Wildman–Crippen LogP) is 3.80. The van der Waals surface area contributed by atoms with Crippen LogP contribution in [-0.2, 0) is 4.79 Å². The number of hydrogen-bond acceptors (Lipinski definition) is 3. The van der Waals surface area contributed by atoms with Crippen molar-refractivity contribution >= 4 is 12.0 Å². The summed E-state index contributed by atoms with van der Waals surface area (Å²) in [6.07, 6.45) is 7.83. The molecule has 0 spiro atoms. The smallest absolute Gasteiger partial charge is 0.244 e. The van der Waals surface area contributed by atoms with E-state index in [2.05, 4.69) is 12.2 Å². The van der Waals surface area contributed by atoms with Crippen molar-refractivity contribution in [3.8, 4) is 11.5 Å². The molecule has 0 aromatic heterocycles. The first-order chi connectivity index (χ1) is 10.6. The summed E-state index contributed by atoms with van der Waals surface area (Å²) in [5, 5.41) is 2.98. The first kappa shape index (κ1) is 18.1. The third-order valence-electron chi connectivity index (χ3n) is 3.48. The van der Waals surface area contributed by atoms with Crippen LogP contribution in [0.2, 0.25) is 0 Å². The van der Waals surface area contributed by atoms with Crippen molar-refractivity contribution in [3.63, 3.8) is 0 Å². The molecule has 1 N–H and O–H groups in total. The van der Waals surface area contributed by atoms with E-state index < -0.39 is 0 Å². The lowest BCUT2D eigenvalue weighted by atomic mass is 10.1. The van der Waals surface area contributed by atoms with E-state index in [1.807, 2.05) is 25.1 Å². The topological polar surface area (TPSA) is 47.6 Å². The number of unbranched alkanes of at least 4 members (excludes halogenated alkanes) is 2. The number of nitrogens with one attached hydrogen (secondary N) is 1. The second-order valence-corrected chi connectivity index (χ2v) is 5.35. The lowest BCUT2D eigenvalue weighted by Gasteiger charge is -2.12. The summed E-state index contributed by atoms with van der Waals surface area (Å²) in [5.74, 6) is 1.35. The standard InChI is InChI=1S/C18H27NO3/c1-5-6-7-8-14(2)19-18(20)12-9-15-13-16(21-3)10-11-17(15)22-4/h9-14H,5-8H2,1-4H3,(H,19,20)/b12-9+/t14-/m1/s1. The summed E-state index contributed by atoms with van der Waals surface area (Å²) in [4.78, 5) is 11.9. The zero-order chi connectivity index (χ0) is 16.4. The molecule has 0 saturated carbocycles. The molecule has 0 unspecified atom stereocenters. The van der Waals surface area contributed by atoms with Gasteiger partial charge >= 0.3 is 0 Å². The van der Waals surface area contributed by atoms with Crippen molar-refractivity contribution in [3.05, 3.63) is 29.8 Å². The van der Waals surface area contributed by atoms with E-state index in [0.29, 0.717) is 5.75 Å². The minimum atomic E-state index is -0.0890. The van der Waals surface area contributed by atoms with Crippen LogP contribution in [0.25, 0.3) is 6.08 Å². The van der Waals surface area contributed by atoms with Gasteiger partial charge < -0.3 is 14.8 Å². The monoisotopic (exact) mass is 305 g/mol. The van der Waals surface area contributed by atoms with E-state index in [1.54, 1.807) is 20.3 Å². The highest BCUT2D eigenvalue weighted by atomic mass is 16.5. The summed E-state index contributed by atoms with van der Waals surface area (Å²) in [6.45, 7) is 4.21. The molecule has 1 aromatic rings. The van der Waals surface area contributed by atoms with Crippen LogP contribution in [0.4, 0.5) is 0 Å². The van der Waals surface area contributed by atoms with Crippen molar-refractivity contribution in [2.75, 3.05) is 14.2 Å². The van der Waals surface area contributed by atoms with Crippen molar-refractivity contribution in [2.24, 2.45) is 0 Å². The van der Waals surface area contributed by atoms with E-state index in [1.165, 1.54) is 18.9 Å². The number of carbonyl (C=O) groups excluding carboxylic acids is 1. The Morgan fingerprint density at radius 1 is 1.27 bits per heavy atom. The van der Waals surface area contributed by atoms with Crippen molar-refractivity contribution < 1.29 is 14.3 Å². The highest BCUT2D eigenvalue weighted by Crippen LogP contribution is 2.24. The molecule has 4 nitrogen and oxygen atoms in total. The molecule has 0 aliphatic rings. The fourth-order valence-electron chi connectivity index (χ4n) is 2.20. The molecule has 0 fully saturated rings. The van der Waals surface area contributed by atoms with E-state index in [-0.39, 0.29) is 11.9 Å². The molecule has 1 rings (SSSR count). The zero-order valence-electron chi connectivity index (χ0n) is 14.0. The maximum atomic E-state index is 11.9. The molecule has 0 aliphatic heterocycles. The first-order valence-electron chi connectivity index (χ1n) is 7.81. The molecule has 1 atom stereocenters. The largest absolute Gasteiger partial charge is 0.497 e. The van der Waals surface area contributed by atoms with Gasteiger partial charge in [-0.25, -0.2) is 0 Å². The van der Waals surface area contributed by atoms with Gasteiger partial charge in [-0.1, -0.05) is 26.2 Å². The summed E-state index contributed by atoms with van der Waals surface area (Å²) >= 11 is 0. The third kappa shape index (κ3) is 6.20. The van der Waals surface area contributed by atoms with Gasteiger partial charge in [-0.2, -0.15) is 0 Å². The van der Waals surface area contributed by atoms with Crippen LogP contribution in [0.1, 0.15) is 45.1 Å². The van der Waals surface area contributed by atoms with Gasteiger partial charge in [0, 0.05) is 17.7 Å². The average molecular weight is 305 g/mol. The molecule has 22 heavy (non-hydrogen) atoms. The second-order valence-electron chi connectivity index (χ2n) is 5.35. The average Bonchev–Trinajstić information content (AvgIpc) is 2.52. The molecule has 0 bridgehead atoms. The van der Waals surface area contributed by atoms with Gasteiger partial charge in [-0.3, -0.25) is 4.79 Å². The van der Waals surface area contributed by atoms with Gasteiger partial charge in [-0.15, -0.1) is 0 Å². The van der Waals surface area contributed by atoms with Gasteiger partial charge in [-0.05, 0) is 37.6 Å². The molecule has 0 radical (unpaired) electrons. The molecule has 0 heterocycles. The van der Waals surface area contributed by atoms with Crippen LogP contribution >= 0.6 is 0 Å². The number of ether oxygens (including phenoxy) is 2. The molecular formula is C18H27NO3. The number of rotatable bonds is 9. The highest BCUT2D eigenvalue weighted by molar-refractivity contribution is 5.92. The van der Waals surface area contributed by atoms with E-state index in [4.69, 9.17) is 9.47 Å². The molecule has 0 saturated heterocycles. The van der Waals surface area contributed by atoms with E-state index in [0.717, 1.165) is 24.2 Å². The fraction of sp³-hybridized carbons (Fsp3) is 0.500. The lowest BCUT2D eigenvalue weighted by molar-refractivity contribution is -0.117. The van der Waals surface area contributed by atoms with Gasteiger partial charge in [0.2, 0.25) is 5.91 Å². The minimum Gasteiger partial charge on any atom is -0.497 e. The molecular weight excluding hydrogens is 278 g/mol. The van der Waals surface area contributed by atoms with Crippen LogP contribution in [0, 0.1) is 0 Å². The van der Waals surface area contributed by atoms with E-state index >= 15 is 0 Å². The maximum Gasteiger partial charge on any atom is 0.244 e. The molecule has 4 heteroatoms. The Morgan fingerprint density at radius 3 is 2.68 bits per heavy atom. The molecule has 1 aromatic carbocycles. The van der Waals surface area contributed by atoms with Crippen molar-refractivity contribution in [1.82, 2.24) is 5.32 Å². The summed E-state index contributed by atoms with van der Waals surface area (Å²) in [6, 6.07) is 5.68. The SMILES string of the molecule is CCCCC[C@@H](C)NC(=O)/C=C/c1cc(OC)ccc1OC. The Balaban J connectivity index is 2.61. The highest BCUT2D eigenvalue weighted by Gasteiger charge is 2.06. The van der Waals surface area contributed by atoms with Gasteiger partial charge in [0.1, 0.15) is 11.5 Å². The summed E-state index contributed by atoms with van der Waals surface area (Å²) in [7, 11) is 3.22. The fourth-order valence-corrected chi connectivity index (χ4v) is 2.20. The number of hydrogen-bond donors (Lipinski definition) is 1. The Kier molecular flexibility index (Phi) is 8.11. The van der Waals surface area contributed by atoms with Crippen LogP contribution in [0.15, 0.2) is 24.3 Å². The number of amides is 1. The van der Waals surface area contributed by atoms with Crippen LogP contribution in [0.3, 0.4) is 0 Å². The van der Waals surface area contributed by atoms with Gasteiger partial charge in [0.15, 0.2) is 0 Å². The Morgan fingerprint density at radius 2 is 2.05 bits per heavy atom.